The van der Waals surface area contributed by atoms with Crippen molar-refractivity contribution in [2.45, 2.75) is 64.0 Å². The zero-order valence-electron chi connectivity index (χ0n) is 20.8. The average Bonchev–Trinajstić information content (AvgIpc) is 3.15. The molecule has 0 saturated carbocycles. The van der Waals surface area contributed by atoms with Crippen molar-refractivity contribution in [3.63, 3.8) is 0 Å². The number of carbonyl (C=O) groups excluding carboxylic acids is 1. The lowest BCUT2D eigenvalue weighted by atomic mass is 9.67. The quantitative estimate of drug-likeness (QED) is 0.421. The summed E-state index contributed by atoms with van der Waals surface area (Å²) >= 11 is 12.5. The molecule has 2 heterocycles. The van der Waals surface area contributed by atoms with Gasteiger partial charge in [0, 0.05) is 28.9 Å². The van der Waals surface area contributed by atoms with Gasteiger partial charge >= 0.3 is 5.97 Å². The van der Waals surface area contributed by atoms with Crippen LogP contribution in [0.25, 0.3) is 0 Å². The number of hydrogen-bond acceptors (Lipinski definition) is 4. The minimum absolute atomic E-state index is 0.147. The molecule has 1 fully saturated rings. The first-order chi connectivity index (χ1) is 17.0. The van der Waals surface area contributed by atoms with Gasteiger partial charge in [-0.05, 0) is 62.1 Å². The topological polar surface area (TPSA) is 79.2 Å². The summed E-state index contributed by atoms with van der Waals surface area (Å²) in [5, 5.41) is 10.9. The molecule has 0 radical (unpaired) electrons. The van der Waals surface area contributed by atoms with Gasteiger partial charge in [0.1, 0.15) is 6.61 Å². The van der Waals surface area contributed by atoms with Crippen LogP contribution < -0.4 is 0 Å². The molecule has 0 aromatic heterocycles. The smallest absolute Gasteiger partial charge is 0.304 e. The zero-order valence-corrected chi connectivity index (χ0v) is 22.4. The Hall–Kier alpha value is -2.57. The van der Waals surface area contributed by atoms with Crippen molar-refractivity contribution in [1.82, 2.24) is 4.90 Å². The fourth-order valence-corrected chi connectivity index (χ4v) is 5.72. The number of carboxylic acid groups (broad SMARTS) is 1. The lowest BCUT2D eigenvalue weighted by molar-refractivity contribution is -0.157. The maximum Gasteiger partial charge on any atom is 0.304 e. The van der Waals surface area contributed by atoms with E-state index in [0.29, 0.717) is 48.4 Å². The van der Waals surface area contributed by atoms with Crippen LogP contribution >= 0.6 is 23.2 Å². The van der Waals surface area contributed by atoms with Gasteiger partial charge in [0.2, 0.25) is 5.91 Å². The third-order valence-electron chi connectivity index (χ3n) is 7.00. The Morgan fingerprint density at radius 2 is 1.83 bits per heavy atom. The third-order valence-corrected chi connectivity index (χ3v) is 7.49. The van der Waals surface area contributed by atoms with Gasteiger partial charge in [-0.2, -0.15) is 0 Å². The number of ether oxygens (including phenoxy) is 1. The van der Waals surface area contributed by atoms with E-state index in [2.05, 4.69) is 4.99 Å². The maximum absolute atomic E-state index is 14.0. The average molecular weight is 531 g/mol. The van der Waals surface area contributed by atoms with Crippen LogP contribution in [0.2, 0.25) is 10.0 Å². The number of halogens is 2. The molecular formula is C28H32Cl2N2O4. The Bertz CT molecular complexity index is 1160. The molecule has 8 heteroatoms. The molecule has 192 valence electrons. The molecular weight excluding hydrogens is 499 g/mol. The number of nitrogens with zero attached hydrogens (tertiary/aromatic N) is 2. The van der Waals surface area contributed by atoms with Crippen molar-refractivity contribution in [3.8, 4) is 0 Å². The minimum Gasteiger partial charge on any atom is -0.481 e. The van der Waals surface area contributed by atoms with Crippen molar-refractivity contribution in [2.75, 3.05) is 13.2 Å². The van der Waals surface area contributed by atoms with Crippen LogP contribution in [0.1, 0.15) is 69.5 Å². The number of benzene rings is 2. The number of carboxylic acids is 1. The molecule has 1 saturated heterocycles. The van der Waals surface area contributed by atoms with Crippen LogP contribution in [0.15, 0.2) is 53.5 Å². The molecule has 0 spiro atoms. The zero-order chi connectivity index (χ0) is 26.1. The monoisotopic (exact) mass is 530 g/mol. The molecule has 2 aromatic rings. The maximum atomic E-state index is 14.0. The van der Waals surface area contributed by atoms with Crippen molar-refractivity contribution in [2.24, 2.45) is 10.4 Å². The van der Waals surface area contributed by atoms with E-state index in [9.17, 15) is 14.7 Å². The van der Waals surface area contributed by atoms with Gasteiger partial charge < -0.3 is 14.7 Å². The standard InChI is InChI=1S/C28H32Cl2N2O4/c1-27(2)17-36-23(31-27)8-5-13-32-25(18-9-11-20(29)12-10-18)22(19-6-4-7-21(30)14-19)15-28(3,26(32)35)16-24(33)34/h4,6-7,9-12,14,22,25H,5,8,13,15-17H2,1-3H3,(H,33,34). The molecule has 3 atom stereocenters. The van der Waals surface area contributed by atoms with Gasteiger partial charge in [0.05, 0.1) is 23.4 Å². The first kappa shape index (κ1) is 26.5. The number of aliphatic imine (C=N–C) groups is 1. The first-order valence-electron chi connectivity index (χ1n) is 12.2. The molecule has 2 aliphatic rings. The molecule has 0 bridgehead atoms. The summed E-state index contributed by atoms with van der Waals surface area (Å²) in [6.45, 7) is 6.81. The van der Waals surface area contributed by atoms with Crippen LogP contribution in [0.5, 0.6) is 0 Å². The summed E-state index contributed by atoms with van der Waals surface area (Å²) < 4.78 is 5.75. The highest BCUT2D eigenvalue weighted by molar-refractivity contribution is 6.30. The van der Waals surface area contributed by atoms with Crippen LogP contribution in [-0.4, -0.2) is 46.5 Å². The first-order valence-corrected chi connectivity index (χ1v) is 13.0. The van der Waals surface area contributed by atoms with Gasteiger partial charge in [-0.1, -0.05) is 54.4 Å². The predicted molar refractivity (Wildman–Crippen MR) is 142 cm³/mol. The predicted octanol–water partition coefficient (Wildman–Crippen LogP) is 6.52. The van der Waals surface area contributed by atoms with Gasteiger partial charge in [0.15, 0.2) is 5.90 Å². The molecule has 2 aliphatic heterocycles. The summed E-state index contributed by atoms with van der Waals surface area (Å²) in [6.07, 6.45) is 1.41. The van der Waals surface area contributed by atoms with Crippen molar-refractivity contribution in [3.05, 3.63) is 69.7 Å². The summed E-state index contributed by atoms with van der Waals surface area (Å²) in [5.74, 6) is -0.590. The van der Waals surface area contributed by atoms with Gasteiger partial charge in [0.25, 0.3) is 0 Å². The SMILES string of the molecule is CC1(C)COC(CCCN2C(=O)C(C)(CC(=O)O)CC(c3cccc(Cl)c3)C2c2ccc(Cl)cc2)=N1. The second-order valence-corrected chi connectivity index (χ2v) is 11.6. The highest BCUT2D eigenvalue weighted by atomic mass is 35.5. The largest absolute Gasteiger partial charge is 0.481 e. The van der Waals surface area contributed by atoms with E-state index in [1.54, 1.807) is 6.92 Å². The van der Waals surface area contributed by atoms with Gasteiger partial charge in [-0.3, -0.25) is 9.59 Å². The number of aliphatic carboxylic acids is 1. The van der Waals surface area contributed by atoms with E-state index >= 15 is 0 Å². The van der Waals surface area contributed by atoms with Gasteiger partial charge in [-0.15, -0.1) is 0 Å². The van der Waals surface area contributed by atoms with Crippen LogP contribution in [0.4, 0.5) is 0 Å². The molecule has 4 rings (SSSR count). The number of piperidine rings is 1. The van der Waals surface area contributed by atoms with Crippen LogP contribution in [-0.2, 0) is 14.3 Å². The lowest BCUT2D eigenvalue weighted by Crippen LogP contribution is -2.52. The molecule has 1 N–H and O–H groups in total. The number of rotatable bonds is 8. The highest BCUT2D eigenvalue weighted by Gasteiger charge is 2.50. The molecule has 6 nitrogen and oxygen atoms in total. The van der Waals surface area contributed by atoms with E-state index in [4.69, 9.17) is 27.9 Å². The van der Waals surface area contributed by atoms with Crippen LogP contribution in [0, 0.1) is 5.41 Å². The number of amides is 1. The van der Waals surface area contributed by atoms with E-state index < -0.39 is 11.4 Å². The number of carbonyl (C=O) groups is 2. The molecule has 0 aliphatic carbocycles. The second kappa shape index (κ2) is 10.4. The summed E-state index contributed by atoms with van der Waals surface area (Å²) in [5.41, 5.74) is 0.637. The summed E-state index contributed by atoms with van der Waals surface area (Å²) in [6, 6.07) is 14.8. The van der Waals surface area contributed by atoms with Crippen molar-refractivity contribution < 1.29 is 19.4 Å². The molecule has 36 heavy (non-hydrogen) atoms. The lowest BCUT2D eigenvalue weighted by Gasteiger charge is -2.49. The highest BCUT2D eigenvalue weighted by Crippen LogP contribution is 2.51. The normalized spacial score (nSPS) is 25.4. The Morgan fingerprint density at radius 3 is 2.44 bits per heavy atom. The van der Waals surface area contributed by atoms with Gasteiger partial charge in [-0.25, -0.2) is 4.99 Å². The summed E-state index contributed by atoms with van der Waals surface area (Å²) in [4.78, 5) is 32.3. The summed E-state index contributed by atoms with van der Waals surface area (Å²) in [7, 11) is 0. The second-order valence-electron chi connectivity index (χ2n) is 10.7. The Kier molecular flexibility index (Phi) is 7.67. The van der Waals surface area contributed by atoms with E-state index in [1.165, 1.54) is 0 Å². The van der Waals surface area contributed by atoms with E-state index in [0.717, 1.165) is 11.1 Å². The Morgan fingerprint density at radius 1 is 1.11 bits per heavy atom. The fourth-order valence-electron chi connectivity index (χ4n) is 5.40. The molecule has 2 aromatic carbocycles. The van der Waals surface area contributed by atoms with E-state index in [1.807, 2.05) is 67.3 Å². The van der Waals surface area contributed by atoms with Crippen molar-refractivity contribution in [1.29, 1.82) is 0 Å². The van der Waals surface area contributed by atoms with E-state index in [-0.39, 0.29) is 29.8 Å². The minimum atomic E-state index is -1.05. The van der Waals surface area contributed by atoms with Crippen LogP contribution in [0.3, 0.4) is 0 Å². The fraction of sp³-hybridized carbons (Fsp3) is 0.464. The van der Waals surface area contributed by atoms with Crippen molar-refractivity contribution >= 4 is 41.0 Å². The molecule has 3 unspecified atom stereocenters. The third kappa shape index (κ3) is 5.87. The number of hydrogen-bond donors (Lipinski definition) is 1. The Balaban J connectivity index is 1.72. The Labute approximate surface area is 222 Å². The number of likely N-dealkylation sites (tertiary alicyclic amines) is 1. The molecule has 1 amide bonds.